The number of carbonyl (C=O) groups excluding carboxylic acids is 1. The molecule has 0 fully saturated rings. The lowest BCUT2D eigenvalue weighted by molar-refractivity contribution is -0.115. The van der Waals surface area contributed by atoms with Crippen molar-refractivity contribution in [3.05, 3.63) is 47.2 Å². The van der Waals surface area contributed by atoms with E-state index in [0.29, 0.717) is 17.3 Å². The normalized spacial score (nSPS) is 14.2. The Morgan fingerprint density at radius 1 is 1.29 bits per heavy atom. The first-order valence-electron chi connectivity index (χ1n) is 7.87. The van der Waals surface area contributed by atoms with Gasteiger partial charge in [-0.2, -0.15) is 0 Å². The van der Waals surface area contributed by atoms with Crippen LogP contribution in [0.2, 0.25) is 0 Å². The summed E-state index contributed by atoms with van der Waals surface area (Å²) in [5.41, 5.74) is 2.27. The minimum absolute atomic E-state index is 0.0839. The number of benzene rings is 1. The molecule has 0 aliphatic rings. The first kappa shape index (κ1) is 18.4. The van der Waals surface area contributed by atoms with E-state index in [0.717, 1.165) is 5.56 Å². The molecule has 0 radical (unpaired) electrons. The summed E-state index contributed by atoms with van der Waals surface area (Å²) in [5.74, 6) is 0.971. The maximum absolute atomic E-state index is 12.4. The van der Waals surface area contributed by atoms with Crippen LogP contribution < -0.4 is 5.32 Å². The number of amides is 1. The van der Waals surface area contributed by atoms with Crippen molar-refractivity contribution in [3.63, 3.8) is 0 Å². The van der Waals surface area contributed by atoms with Gasteiger partial charge in [0.2, 0.25) is 5.91 Å². The van der Waals surface area contributed by atoms with Crippen LogP contribution in [0.3, 0.4) is 0 Å². The summed E-state index contributed by atoms with van der Waals surface area (Å²) < 4.78 is 17.3. The molecule has 2 rings (SSSR count). The van der Waals surface area contributed by atoms with Gasteiger partial charge in [-0.3, -0.25) is 9.00 Å². The number of nitrogens with one attached hydrogen (secondary N) is 1. The molecule has 2 aromatic rings. The van der Waals surface area contributed by atoms with Crippen LogP contribution in [0.5, 0.6) is 0 Å². The average molecular weight is 348 g/mol. The van der Waals surface area contributed by atoms with Crippen LogP contribution >= 0.6 is 0 Å². The maximum Gasteiger partial charge on any atom is 0.241 e. The molecule has 6 heteroatoms. The molecule has 0 aliphatic carbocycles. The summed E-state index contributed by atoms with van der Waals surface area (Å²) >= 11 is 0. The molecule has 24 heavy (non-hydrogen) atoms. The molecule has 1 aromatic heterocycles. The van der Waals surface area contributed by atoms with Gasteiger partial charge in [0.25, 0.3) is 0 Å². The summed E-state index contributed by atoms with van der Waals surface area (Å²) in [6.45, 7) is 9.85. The lowest BCUT2D eigenvalue weighted by Gasteiger charge is -2.19. The van der Waals surface area contributed by atoms with Crippen molar-refractivity contribution in [2.24, 2.45) is 0 Å². The van der Waals surface area contributed by atoms with Gasteiger partial charge in [-0.15, -0.1) is 0 Å². The number of anilines is 1. The first-order chi connectivity index (χ1) is 11.2. The number of nitrogens with zero attached hydrogens (tertiary/aromatic N) is 1. The van der Waals surface area contributed by atoms with Crippen molar-refractivity contribution in [2.45, 2.75) is 51.0 Å². The molecule has 2 atom stereocenters. The Labute approximate surface area is 145 Å². The largest absolute Gasteiger partial charge is 0.360 e. The summed E-state index contributed by atoms with van der Waals surface area (Å²) in [6.07, 6.45) is 0. The van der Waals surface area contributed by atoms with Gasteiger partial charge in [0.05, 0.1) is 0 Å². The van der Waals surface area contributed by atoms with Crippen molar-refractivity contribution >= 4 is 22.5 Å². The third-order valence-electron chi connectivity index (χ3n) is 3.77. The Kier molecular flexibility index (Phi) is 5.59. The molecule has 0 bridgehead atoms. The highest BCUT2D eigenvalue weighted by Gasteiger charge is 2.21. The lowest BCUT2D eigenvalue weighted by Crippen LogP contribution is -2.29. The van der Waals surface area contributed by atoms with E-state index in [-0.39, 0.29) is 11.3 Å². The second-order valence-electron chi connectivity index (χ2n) is 6.93. The fraction of sp³-hybridized carbons (Fsp3) is 0.444. The van der Waals surface area contributed by atoms with E-state index < -0.39 is 16.0 Å². The zero-order valence-electron chi connectivity index (χ0n) is 14.8. The van der Waals surface area contributed by atoms with E-state index in [1.165, 1.54) is 5.56 Å². The van der Waals surface area contributed by atoms with Crippen molar-refractivity contribution in [3.8, 4) is 0 Å². The number of aromatic nitrogens is 1. The Morgan fingerprint density at radius 2 is 1.92 bits per heavy atom. The standard InChI is InChI=1S/C18H24N2O3S/c1-12-10-16(20-23-12)19-17(21)13(2)24(22)11-14-6-8-15(9-7-14)18(3,4)5/h6-10,13H,11H2,1-5H3,(H,19,20,21)/t13-,24-/m1/s1. The summed E-state index contributed by atoms with van der Waals surface area (Å²) in [7, 11) is -1.31. The van der Waals surface area contributed by atoms with E-state index in [9.17, 15) is 9.00 Å². The van der Waals surface area contributed by atoms with Crippen molar-refractivity contribution in [1.29, 1.82) is 0 Å². The Morgan fingerprint density at radius 3 is 2.42 bits per heavy atom. The summed E-state index contributed by atoms with van der Waals surface area (Å²) in [5, 5.41) is 5.69. The van der Waals surface area contributed by atoms with Crippen molar-refractivity contribution in [2.75, 3.05) is 5.32 Å². The molecule has 5 nitrogen and oxygen atoms in total. The monoisotopic (exact) mass is 348 g/mol. The third kappa shape index (κ3) is 4.77. The van der Waals surface area contributed by atoms with E-state index in [4.69, 9.17) is 4.52 Å². The lowest BCUT2D eigenvalue weighted by atomic mass is 9.87. The fourth-order valence-electron chi connectivity index (χ4n) is 2.16. The molecular weight excluding hydrogens is 324 g/mol. The highest BCUT2D eigenvalue weighted by atomic mass is 32.2. The van der Waals surface area contributed by atoms with Crippen LogP contribution in [-0.4, -0.2) is 20.5 Å². The van der Waals surface area contributed by atoms with E-state index in [1.54, 1.807) is 19.9 Å². The van der Waals surface area contributed by atoms with E-state index in [2.05, 4.69) is 43.4 Å². The van der Waals surface area contributed by atoms with Crippen molar-refractivity contribution < 1.29 is 13.5 Å². The molecule has 1 aromatic carbocycles. The molecule has 130 valence electrons. The van der Waals surface area contributed by atoms with Crippen LogP contribution in [-0.2, 0) is 26.8 Å². The number of carbonyl (C=O) groups is 1. The molecule has 0 aliphatic heterocycles. The fourth-order valence-corrected chi connectivity index (χ4v) is 3.23. The van der Waals surface area contributed by atoms with Gasteiger partial charge in [0.15, 0.2) is 5.82 Å². The summed E-state index contributed by atoms with van der Waals surface area (Å²) in [6, 6.07) is 9.68. The zero-order chi connectivity index (χ0) is 17.9. The van der Waals surface area contributed by atoms with Crippen molar-refractivity contribution in [1.82, 2.24) is 5.16 Å². The SMILES string of the molecule is Cc1cc(NC(=O)[C@@H](C)[S@](=O)Cc2ccc(C(C)(C)C)cc2)no1. The van der Waals surface area contributed by atoms with Gasteiger partial charge in [-0.25, -0.2) is 0 Å². The van der Waals surface area contributed by atoms with Crippen LogP contribution in [0.4, 0.5) is 5.82 Å². The highest BCUT2D eigenvalue weighted by molar-refractivity contribution is 7.85. The molecule has 0 spiro atoms. The minimum atomic E-state index is -1.31. The predicted octanol–water partition coefficient (Wildman–Crippen LogP) is 3.56. The first-order valence-corrected chi connectivity index (χ1v) is 9.26. The number of hydrogen-bond acceptors (Lipinski definition) is 4. The highest BCUT2D eigenvalue weighted by Crippen LogP contribution is 2.22. The minimum Gasteiger partial charge on any atom is -0.360 e. The third-order valence-corrected chi connectivity index (χ3v) is 5.39. The summed E-state index contributed by atoms with van der Waals surface area (Å²) in [4.78, 5) is 12.2. The van der Waals surface area contributed by atoms with Gasteiger partial charge in [0.1, 0.15) is 11.0 Å². The molecule has 1 N–H and O–H groups in total. The molecule has 0 saturated carbocycles. The second kappa shape index (κ2) is 7.30. The molecule has 1 amide bonds. The quantitative estimate of drug-likeness (QED) is 0.897. The Balaban J connectivity index is 1.97. The molecule has 0 unspecified atom stereocenters. The number of rotatable bonds is 5. The predicted molar refractivity (Wildman–Crippen MR) is 96.3 cm³/mol. The van der Waals surface area contributed by atoms with E-state index in [1.807, 2.05) is 12.1 Å². The van der Waals surface area contributed by atoms with Gasteiger partial charge in [0, 0.05) is 22.6 Å². The molecule has 0 saturated heterocycles. The molecular formula is C18H24N2O3S. The topological polar surface area (TPSA) is 72.2 Å². The Bertz CT molecular complexity index is 729. The average Bonchev–Trinajstić information content (AvgIpc) is 2.91. The van der Waals surface area contributed by atoms with Gasteiger partial charge in [-0.1, -0.05) is 50.2 Å². The number of aryl methyl sites for hydroxylation is 1. The molecule has 1 heterocycles. The van der Waals surface area contributed by atoms with Gasteiger partial charge >= 0.3 is 0 Å². The second-order valence-corrected chi connectivity index (χ2v) is 8.68. The van der Waals surface area contributed by atoms with Crippen LogP contribution in [0.1, 0.15) is 44.6 Å². The maximum atomic E-state index is 12.4. The van der Waals surface area contributed by atoms with Gasteiger partial charge in [-0.05, 0) is 30.4 Å². The number of hydrogen-bond donors (Lipinski definition) is 1. The zero-order valence-corrected chi connectivity index (χ0v) is 15.6. The van der Waals surface area contributed by atoms with Gasteiger partial charge < -0.3 is 9.84 Å². The van der Waals surface area contributed by atoms with Crippen LogP contribution in [0.15, 0.2) is 34.9 Å². The van der Waals surface area contributed by atoms with Crippen LogP contribution in [0, 0.1) is 6.92 Å². The Hall–Kier alpha value is -1.95. The smallest absolute Gasteiger partial charge is 0.241 e. The van der Waals surface area contributed by atoms with Crippen LogP contribution in [0.25, 0.3) is 0 Å². The van der Waals surface area contributed by atoms with E-state index >= 15 is 0 Å².